The Morgan fingerprint density at radius 3 is 2.10 bits per heavy atom. The molecular weight excluding hydrogens is 443 g/mol. The lowest BCUT2D eigenvalue weighted by Gasteiger charge is -2.13. The molecule has 2 N–H and O–H groups in total. The zero-order valence-corrected chi connectivity index (χ0v) is 18.9. The summed E-state index contributed by atoms with van der Waals surface area (Å²) in [5.74, 6) is -0.462. The van der Waals surface area contributed by atoms with E-state index in [0.29, 0.717) is 27.0 Å². The quantitative estimate of drug-likeness (QED) is 0.490. The first kappa shape index (κ1) is 22.2. The lowest BCUT2D eigenvalue weighted by atomic mass is 10.1. The molecule has 0 atom stereocenters. The second kappa shape index (κ2) is 8.68. The third-order valence-corrected chi connectivity index (χ3v) is 6.65. The minimum absolute atomic E-state index is 0.0310. The second-order valence-electron chi connectivity index (χ2n) is 7.05. The number of anilines is 2. The van der Waals surface area contributed by atoms with E-state index in [1.165, 1.54) is 12.1 Å². The SMILES string of the molecule is Cc1cc(C)cc(NS(=O)(=O)c2cc(C(=O)Nc3ccc(Cl)c(Cl)c3)ccc2C)c1. The molecule has 0 aliphatic carbocycles. The number of halogens is 2. The summed E-state index contributed by atoms with van der Waals surface area (Å²) in [5.41, 5.74) is 3.54. The highest BCUT2D eigenvalue weighted by atomic mass is 35.5. The molecule has 30 heavy (non-hydrogen) atoms. The van der Waals surface area contributed by atoms with Gasteiger partial charge >= 0.3 is 0 Å². The van der Waals surface area contributed by atoms with Crippen LogP contribution in [0.4, 0.5) is 11.4 Å². The Balaban J connectivity index is 1.89. The van der Waals surface area contributed by atoms with Crippen molar-refractivity contribution in [3.63, 3.8) is 0 Å². The van der Waals surface area contributed by atoms with E-state index in [1.54, 1.807) is 43.3 Å². The number of aryl methyl sites for hydroxylation is 3. The molecule has 0 heterocycles. The lowest BCUT2D eigenvalue weighted by Crippen LogP contribution is -2.17. The van der Waals surface area contributed by atoms with Gasteiger partial charge in [0.05, 0.1) is 14.9 Å². The van der Waals surface area contributed by atoms with E-state index in [-0.39, 0.29) is 10.5 Å². The maximum absolute atomic E-state index is 13.0. The summed E-state index contributed by atoms with van der Waals surface area (Å²) in [5, 5.41) is 3.37. The zero-order chi connectivity index (χ0) is 22.1. The summed E-state index contributed by atoms with van der Waals surface area (Å²) in [4.78, 5) is 12.7. The van der Waals surface area contributed by atoms with E-state index in [2.05, 4.69) is 10.0 Å². The van der Waals surface area contributed by atoms with Crippen LogP contribution in [0.5, 0.6) is 0 Å². The molecule has 156 valence electrons. The van der Waals surface area contributed by atoms with Crippen LogP contribution in [0.25, 0.3) is 0 Å². The Morgan fingerprint density at radius 2 is 1.47 bits per heavy atom. The third kappa shape index (κ3) is 5.14. The predicted molar refractivity (Wildman–Crippen MR) is 122 cm³/mol. The molecule has 0 saturated heterocycles. The van der Waals surface area contributed by atoms with E-state index in [1.807, 2.05) is 19.9 Å². The molecule has 0 bridgehead atoms. The van der Waals surface area contributed by atoms with Crippen molar-refractivity contribution in [2.75, 3.05) is 10.0 Å². The molecule has 1 amide bonds. The van der Waals surface area contributed by atoms with Gasteiger partial charge in [-0.15, -0.1) is 0 Å². The van der Waals surface area contributed by atoms with Gasteiger partial charge in [-0.1, -0.05) is 35.3 Å². The number of nitrogens with one attached hydrogen (secondary N) is 2. The molecule has 8 heteroatoms. The molecule has 0 aromatic heterocycles. The van der Waals surface area contributed by atoms with Crippen molar-refractivity contribution in [1.29, 1.82) is 0 Å². The molecule has 0 fully saturated rings. The van der Waals surface area contributed by atoms with Crippen molar-refractivity contribution in [1.82, 2.24) is 0 Å². The van der Waals surface area contributed by atoms with Gasteiger partial charge in [0, 0.05) is 16.9 Å². The number of sulfonamides is 1. The normalized spacial score (nSPS) is 11.2. The Morgan fingerprint density at radius 1 is 0.800 bits per heavy atom. The van der Waals surface area contributed by atoms with Gasteiger partial charge in [-0.25, -0.2) is 8.42 Å². The molecule has 0 unspecified atom stereocenters. The Hall–Kier alpha value is -2.54. The lowest BCUT2D eigenvalue weighted by molar-refractivity contribution is 0.102. The summed E-state index contributed by atoms with van der Waals surface area (Å²) < 4.78 is 28.6. The Labute approximate surface area is 186 Å². The monoisotopic (exact) mass is 462 g/mol. The van der Waals surface area contributed by atoms with E-state index in [4.69, 9.17) is 23.2 Å². The van der Waals surface area contributed by atoms with Crippen molar-refractivity contribution in [2.45, 2.75) is 25.7 Å². The number of hydrogen-bond acceptors (Lipinski definition) is 3. The number of hydrogen-bond donors (Lipinski definition) is 2. The van der Waals surface area contributed by atoms with Gasteiger partial charge in [0.15, 0.2) is 0 Å². The average molecular weight is 463 g/mol. The van der Waals surface area contributed by atoms with Gasteiger partial charge in [0.2, 0.25) is 0 Å². The van der Waals surface area contributed by atoms with Gasteiger partial charge in [0.1, 0.15) is 0 Å². The van der Waals surface area contributed by atoms with Crippen LogP contribution >= 0.6 is 23.2 Å². The topological polar surface area (TPSA) is 75.3 Å². The smallest absolute Gasteiger partial charge is 0.262 e. The fourth-order valence-electron chi connectivity index (χ4n) is 3.05. The Kier molecular flexibility index (Phi) is 6.41. The summed E-state index contributed by atoms with van der Waals surface area (Å²) >= 11 is 11.9. The van der Waals surface area contributed by atoms with Crippen LogP contribution in [-0.4, -0.2) is 14.3 Å². The summed E-state index contributed by atoms with van der Waals surface area (Å²) in [6.07, 6.45) is 0. The highest BCUT2D eigenvalue weighted by Gasteiger charge is 2.20. The predicted octanol–water partition coefficient (Wildman–Crippen LogP) is 5.97. The van der Waals surface area contributed by atoms with Gasteiger partial charge < -0.3 is 5.32 Å². The fraction of sp³-hybridized carbons (Fsp3) is 0.136. The van der Waals surface area contributed by atoms with Crippen LogP contribution < -0.4 is 10.0 Å². The molecule has 0 saturated carbocycles. The number of carbonyl (C=O) groups excluding carboxylic acids is 1. The van der Waals surface area contributed by atoms with Crippen LogP contribution in [0, 0.1) is 20.8 Å². The van der Waals surface area contributed by atoms with Gasteiger partial charge in [-0.2, -0.15) is 0 Å². The standard InChI is InChI=1S/C22H20Cl2N2O3S/c1-13-8-14(2)10-18(9-13)26-30(28,29)21-11-16(5-4-15(21)3)22(27)25-17-6-7-19(23)20(24)12-17/h4-12,26H,1-3H3,(H,25,27). The molecule has 3 aromatic rings. The number of benzene rings is 3. The minimum Gasteiger partial charge on any atom is -0.322 e. The van der Waals surface area contributed by atoms with Crippen LogP contribution in [-0.2, 0) is 10.0 Å². The van der Waals surface area contributed by atoms with Gasteiger partial charge in [-0.05, 0) is 79.9 Å². The molecule has 3 rings (SSSR count). The molecule has 0 aliphatic rings. The number of rotatable bonds is 5. The molecular formula is C22H20Cl2N2O3S. The van der Waals surface area contributed by atoms with Crippen molar-refractivity contribution in [3.05, 3.63) is 86.9 Å². The van der Waals surface area contributed by atoms with Crippen LogP contribution in [0.1, 0.15) is 27.0 Å². The highest BCUT2D eigenvalue weighted by molar-refractivity contribution is 7.92. The van der Waals surface area contributed by atoms with Crippen LogP contribution in [0.15, 0.2) is 59.5 Å². The largest absolute Gasteiger partial charge is 0.322 e. The third-order valence-electron chi connectivity index (χ3n) is 4.39. The van der Waals surface area contributed by atoms with E-state index in [0.717, 1.165) is 11.1 Å². The van der Waals surface area contributed by atoms with E-state index < -0.39 is 15.9 Å². The van der Waals surface area contributed by atoms with E-state index in [9.17, 15) is 13.2 Å². The summed E-state index contributed by atoms with van der Waals surface area (Å²) in [6, 6.07) is 14.7. The first-order chi connectivity index (χ1) is 14.0. The maximum atomic E-state index is 13.0. The number of carbonyl (C=O) groups is 1. The average Bonchev–Trinajstić information content (AvgIpc) is 2.63. The fourth-order valence-corrected chi connectivity index (χ4v) is 4.66. The first-order valence-electron chi connectivity index (χ1n) is 9.03. The van der Waals surface area contributed by atoms with Crippen molar-refractivity contribution < 1.29 is 13.2 Å². The van der Waals surface area contributed by atoms with Crippen molar-refractivity contribution in [3.8, 4) is 0 Å². The van der Waals surface area contributed by atoms with E-state index >= 15 is 0 Å². The highest BCUT2D eigenvalue weighted by Crippen LogP contribution is 2.26. The van der Waals surface area contributed by atoms with Gasteiger partial charge in [-0.3, -0.25) is 9.52 Å². The molecule has 0 spiro atoms. The summed E-state index contributed by atoms with van der Waals surface area (Å²) in [7, 11) is -3.89. The minimum atomic E-state index is -3.89. The van der Waals surface area contributed by atoms with Crippen molar-refractivity contribution in [2.24, 2.45) is 0 Å². The molecule has 0 aliphatic heterocycles. The van der Waals surface area contributed by atoms with Crippen molar-refractivity contribution >= 4 is 50.5 Å². The zero-order valence-electron chi connectivity index (χ0n) is 16.6. The number of amides is 1. The molecule has 5 nitrogen and oxygen atoms in total. The Bertz CT molecular complexity index is 1220. The van der Waals surface area contributed by atoms with Crippen LogP contribution in [0.3, 0.4) is 0 Å². The summed E-state index contributed by atoms with van der Waals surface area (Å²) in [6.45, 7) is 5.46. The van der Waals surface area contributed by atoms with Gasteiger partial charge in [0.25, 0.3) is 15.9 Å². The molecule has 3 aromatic carbocycles. The maximum Gasteiger partial charge on any atom is 0.262 e. The van der Waals surface area contributed by atoms with Crippen LogP contribution in [0.2, 0.25) is 10.0 Å². The molecule has 0 radical (unpaired) electrons. The second-order valence-corrected chi connectivity index (χ2v) is 9.51. The first-order valence-corrected chi connectivity index (χ1v) is 11.3.